The van der Waals surface area contributed by atoms with Gasteiger partial charge >= 0.3 is 5.97 Å². The van der Waals surface area contributed by atoms with Crippen LogP contribution in [0.2, 0.25) is 0 Å². The number of carbonyl (C=O) groups excluding carboxylic acids is 1. The Morgan fingerprint density at radius 3 is 2.79 bits per heavy atom. The Morgan fingerprint density at radius 2 is 2.05 bits per heavy atom. The number of ether oxygens (including phenoxy) is 1. The van der Waals surface area contributed by atoms with Crippen molar-refractivity contribution >= 4 is 5.97 Å². The van der Waals surface area contributed by atoms with Crippen molar-refractivity contribution in [2.45, 2.75) is 38.6 Å². The molecule has 0 bridgehead atoms. The molecule has 0 aromatic heterocycles. The zero-order valence-corrected chi connectivity index (χ0v) is 12.0. The van der Waals surface area contributed by atoms with Crippen LogP contribution in [0, 0.1) is 0 Å². The van der Waals surface area contributed by atoms with Crippen molar-refractivity contribution < 1.29 is 9.53 Å². The van der Waals surface area contributed by atoms with Gasteiger partial charge in [-0.1, -0.05) is 12.5 Å². The topological polar surface area (TPSA) is 32.8 Å². The number of carbonyl (C=O) groups is 1. The number of esters is 1. The molecule has 19 heavy (non-hydrogen) atoms. The predicted molar refractivity (Wildman–Crippen MR) is 76.0 cm³/mol. The number of nitrogens with zero attached hydrogens (tertiary/aromatic N) is 2. The molecule has 2 saturated heterocycles. The summed E-state index contributed by atoms with van der Waals surface area (Å²) in [5, 5.41) is 0. The van der Waals surface area contributed by atoms with E-state index < -0.39 is 0 Å². The van der Waals surface area contributed by atoms with Crippen molar-refractivity contribution in [1.29, 1.82) is 0 Å². The zero-order valence-electron chi connectivity index (χ0n) is 12.0. The zero-order chi connectivity index (χ0) is 13.5. The molecule has 0 N–H and O–H groups in total. The van der Waals surface area contributed by atoms with E-state index in [1.54, 1.807) is 6.08 Å². The highest BCUT2D eigenvalue weighted by atomic mass is 16.5. The molecular weight excluding hydrogens is 240 g/mol. The molecule has 0 aromatic rings. The molecule has 2 aliphatic rings. The fraction of sp³-hybridized carbons (Fsp3) is 0.800. The molecule has 1 atom stereocenters. The van der Waals surface area contributed by atoms with Crippen LogP contribution in [0.1, 0.15) is 32.6 Å². The highest BCUT2D eigenvalue weighted by Crippen LogP contribution is 2.19. The summed E-state index contributed by atoms with van der Waals surface area (Å²) < 4.78 is 4.87. The smallest absolute Gasteiger partial charge is 0.330 e. The fourth-order valence-corrected chi connectivity index (χ4v) is 3.05. The SMILES string of the molecule is CCOC(=O)/C=C/CN1CCC(N2CCCCC2)C1. The summed E-state index contributed by atoms with van der Waals surface area (Å²) in [6.07, 6.45) is 8.87. The van der Waals surface area contributed by atoms with Crippen LogP contribution < -0.4 is 0 Å². The Kier molecular flexibility index (Phi) is 5.86. The third-order valence-corrected chi connectivity index (χ3v) is 4.06. The Bertz CT molecular complexity index is 311. The summed E-state index contributed by atoms with van der Waals surface area (Å²) in [6.45, 7) is 7.98. The Hall–Kier alpha value is -0.870. The van der Waals surface area contributed by atoms with E-state index >= 15 is 0 Å². The summed E-state index contributed by atoms with van der Waals surface area (Å²) in [4.78, 5) is 16.3. The van der Waals surface area contributed by atoms with Crippen molar-refractivity contribution in [1.82, 2.24) is 9.80 Å². The number of piperidine rings is 1. The van der Waals surface area contributed by atoms with E-state index in [0.29, 0.717) is 6.61 Å². The van der Waals surface area contributed by atoms with Crippen molar-refractivity contribution in [3.63, 3.8) is 0 Å². The maximum atomic E-state index is 11.2. The van der Waals surface area contributed by atoms with E-state index in [4.69, 9.17) is 4.74 Å². The fourth-order valence-electron chi connectivity index (χ4n) is 3.05. The van der Waals surface area contributed by atoms with Crippen LogP contribution in [0.25, 0.3) is 0 Å². The molecule has 4 heteroatoms. The third kappa shape index (κ3) is 4.62. The second-order valence-electron chi connectivity index (χ2n) is 5.45. The normalized spacial score (nSPS) is 26.1. The lowest BCUT2D eigenvalue weighted by molar-refractivity contribution is -0.137. The van der Waals surface area contributed by atoms with Gasteiger partial charge in [0.1, 0.15) is 0 Å². The van der Waals surface area contributed by atoms with E-state index in [1.807, 2.05) is 13.0 Å². The van der Waals surface area contributed by atoms with E-state index in [1.165, 1.54) is 38.8 Å². The van der Waals surface area contributed by atoms with Crippen LogP contribution in [0.5, 0.6) is 0 Å². The molecule has 0 amide bonds. The molecule has 2 aliphatic heterocycles. The van der Waals surface area contributed by atoms with Crippen LogP contribution in [0.15, 0.2) is 12.2 Å². The average molecular weight is 266 g/mol. The van der Waals surface area contributed by atoms with Crippen molar-refractivity contribution in [3.8, 4) is 0 Å². The number of hydrogen-bond donors (Lipinski definition) is 0. The van der Waals surface area contributed by atoms with Crippen LogP contribution in [-0.4, -0.2) is 61.1 Å². The van der Waals surface area contributed by atoms with Gasteiger partial charge in [0.15, 0.2) is 0 Å². The van der Waals surface area contributed by atoms with Gasteiger partial charge in [-0.25, -0.2) is 4.79 Å². The van der Waals surface area contributed by atoms with E-state index in [-0.39, 0.29) is 5.97 Å². The first kappa shape index (κ1) is 14.5. The molecule has 0 spiro atoms. The lowest BCUT2D eigenvalue weighted by Crippen LogP contribution is -2.40. The molecule has 0 radical (unpaired) electrons. The van der Waals surface area contributed by atoms with Gasteiger partial charge in [-0.2, -0.15) is 0 Å². The molecule has 2 fully saturated rings. The number of hydrogen-bond acceptors (Lipinski definition) is 4. The highest BCUT2D eigenvalue weighted by Gasteiger charge is 2.27. The maximum absolute atomic E-state index is 11.2. The first-order valence-electron chi connectivity index (χ1n) is 7.59. The summed E-state index contributed by atoms with van der Waals surface area (Å²) in [7, 11) is 0. The Balaban J connectivity index is 1.68. The minimum absolute atomic E-state index is 0.228. The number of likely N-dealkylation sites (tertiary alicyclic amines) is 2. The first-order chi connectivity index (χ1) is 9.29. The van der Waals surface area contributed by atoms with Gasteiger partial charge < -0.3 is 4.74 Å². The number of rotatable bonds is 5. The minimum atomic E-state index is -0.228. The van der Waals surface area contributed by atoms with Crippen LogP contribution in [-0.2, 0) is 9.53 Å². The Morgan fingerprint density at radius 1 is 1.26 bits per heavy atom. The average Bonchev–Trinajstić information content (AvgIpc) is 2.89. The second-order valence-corrected chi connectivity index (χ2v) is 5.45. The molecule has 0 saturated carbocycles. The first-order valence-corrected chi connectivity index (χ1v) is 7.59. The Labute approximate surface area is 116 Å². The molecule has 108 valence electrons. The second kappa shape index (κ2) is 7.65. The predicted octanol–water partition coefficient (Wildman–Crippen LogP) is 1.67. The summed E-state index contributed by atoms with van der Waals surface area (Å²) >= 11 is 0. The van der Waals surface area contributed by atoms with Crippen molar-refractivity contribution in [2.75, 3.05) is 39.3 Å². The lowest BCUT2D eigenvalue weighted by Gasteiger charge is -2.32. The summed E-state index contributed by atoms with van der Waals surface area (Å²) in [6, 6.07) is 0.733. The van der Waals surface area contributed by atoms with Crippen LogP contribution >= 0.6 is 0 Å². The van der Waals surface area contributed by atoms with Crippen molar-refractivity contribution in [2.24, 2.45) is 0 Å². The maximum Gasteiger partial charge on any atom is 0.330 e. The standard InChI is InChI=1S/C15H26N2O2/c1-2-19-15(18)7-6-9-16-12-8-14(13-16)17-10-4-3-5-11-17/h6-7,14H,2-5,8-13H2,1H3/b7-6+. The van der Waals surface area contributed by atoms with Crippen LogP contribution in [0.4, 0.5) is 0 Å². The van der Waals surface area contributed by atoms with Gasteiger partial charge in [0.2, 0.25) is 0 Å². The summed E-state index contributed by atoms with van der Waals surface area (Å²) in [5.74, 6) is -0.228. The lowest BCUT2D eigenvalue weighted by atomic mass is 10.1. The van der Waals surface area contributed by atoms with Gasteiger partial charge in [-0.3, -0.25) is 9.80 Å². The van der Waals surface area contributed by atoms with E-state index in [2.05, 4.69) is 9.80 Å². The van der Waals surface area contributed by atoms with E-state index in [9.17, 15) is 4.79 Å². The molecule has 0 aromatic carbocycles. The molecule has 1 unspecified atom stereocenters. The largest absolute Gasteiger partial charge is 0.463 e. The van der Waals surface area contributed by atoms with Gasteiger partial charge in [-0.15, -0.1) is 0 Å². The van der Waals surface area contributed by atoms with Gasteiger partial charge in [-0.05, 0) is 39.3 Å². The minimum Gasteiger partial charge on any atom is -0.463 e. The summed E-state index contributed by atoms with van der Waals surface area (Å²) in [5.41, 5.74) is 0. The van der Waals surface area contributed by atoms with Crippen molar-refractivity contribution in [3.05, 3.63) is 12.2 Å². The van der Waals surface area contributed by atoms with Crippen LogP contribution in [0.3, 0.4) is 0 Å². The molecule has 0 aliphatic carbocycles. The quantitative estimate of drug-likeness (QED) is 0.560. The molecule has 2 heterocycles. The highest BCUT2D eigenvalue weighted by molar-refractivity contribution is 5.81. The van der Waals surface area contributed by atoms with Gasteiger partial charge in [0.25, 0.3) is 0 Å². The van der Waals surface area contributed by atoms with Gasteiger partial charge in [0.05, 0.1) is 6.61 Å². The van der Waals surface area contributed by atoms with E-state index in [0.717, 1.165) is 25.7 Å². The monoisotopic (exact) mass is 266 g/mol. The molecular formula is C15H26N2O2. The molecule has 4 nitrogen and oxygen atoms in total. The molecule has 2 rings (SSSR count). The third-order valence-electron chi connectivity index (χ3n) is 4.06. The van der Waals surface area contributed by atoms with Gasteiger partial charge in [0, 0.05) is 31.8 Å².